The van der Waals surface area contributed by atoms with E-state index in [0.717, 1.165) is 0 Å². The Balaban J connectivity index is 0. The fourth-order valence-corrected chi connectivity index (χ4v) is 0. The smallest absolute Gasteiger partial charge is 0.542 e. The maximum absolute atomic E-state index is 8.89. The van der Waals surface area contributed by atoms with Crippen molar-refractivity contribution >= 4 is 12.3 Å². The molecule has 0 bridgehead atoms. The molecule has 4 heteroatoms. The van der Waals surface area contributed by atoms with Crippen LogP contribution in [0.25, 0.3) is 0 Å². The number of hydrogen-bond donors (Lipinski definition) is 0. The second kappa shape index (κ2) is 5.14. The fourth-order valence-electron chi connectivity index (χ4n) is 0. The molecule has 0 heterocycles. The molecule has 0 saturated carbocycles. The maximum atomic E-state index is 8.89. The van der Waals surface area contributed by atoms with Crippen molar-refractivity contribution in [3.8, 4) is 0 Å². The molecule has 6 heavy (non-hydrogen) atoms. The van der Waals surface area contributed by atoms with Crippen LogP contribution in [0.3, 0.4) is 0 Å². The molecule has 0 unspecified atom stereocenters. The third kappa shape index (κ3) is 8.91. The van der Waals surface area contributed by atoms with Crippen LogP contribution in [-0.4, -0.2) is 12.3 Å². The Hall–Kier alpha value is 0.140. The van der Waals surface area contributed by atoms with Gasteiger partial charge in [-0.25, -0.2) is 0 Å². The van der Waals surface area contributed by atoms with E-state index in [-0.39, 0.29) is 35.8 Å². The summed E-state index contributed by atoms with van der Waals surface area (Å²) in [6.45, 7) is 0. The van der Waals surface area contributed by atoms with Gasteiger partial charge in [-0.2, -0.15) is 0 Å². The zero-order valence-electron chi connectivity index (χ0n) is 3.30. The van der Waals surface area contributed by atoms with Crippen LogP contribution in [0.1, 0.15) is 0 Å². The van der Waals surface area contributed by atoms with Crippen LogP contribution in [0.5, 0.6) is 0 Å². The number of carbonyl (C=O) groups is 2. The van der Waals surface area contributed by atoms with Gasteiger partial charge in [0.05, 0.1) is 0 Å². The van der Waals surface area contributed by atoms with Crippen molar-refractivity contribution in [2.24, 2.45) is 0 Å². The van der Waals surface area contributed by atoms with Crippen molar-refractivity contribution in [2.45, 2.75) is 0 Å². The van der Waals surface area contributed by atoms with Crippen LogP contribution < -0.4 is 34.7 Å². The van der Waals surface area contributed by atoms with Crippen molar-refractivity contribution < 1.29 is 44.3 Å². The minimum atomic E-state index is -1.68. The summed E-state index contributed by atoms with van der Waals surface area (Å²) in [7, 11) is 0. The Morgan fingerprint density at radius 1 is 1.67 bits per heavy atom. The molecule has 0 fully saturated rings. The van der Waals surface area contributed by atoms with E-state index < -0.39 is 5.97 Å². The normalized spacial score (nSPS) is 5.33. The van der Waals surface area contributed by atoms with Crippen LogP contribution in [0.2, 0.25) is 0 Å². The predicted octanol–water partition coefficient (Wildman–Crippen LogP) is -5.06. The summed E-state index contributed by atoms with van der Waals surface area (Å²) in [5.41, 5.74) is 0. The second-order valence-corrected chi connectivity index (χ2v) is 0.437. The van der Waals surface area contributed by atoms with E-state index >= 15 is 0 Å². The molecule has 0 N–H and O–H groups in total. The quantitative estimate of drug-likeness (QED) is 0.142. The first-order valence-electron chi connectivity index (χ1n) is 0.933. The standard InChI is InChI=1S/C2H2O3.Na/c3-1-2(4)5;/h1H,(H,4,5);/q;+1/p-1/i1+1;. The van der Waals surface area contributed by atoms with Gasteiger partial charge in [0.2, 0.25) is 0 Å². The zero-order chi connectivity index (χ0) is 4.28. The SMILES string of the molecule is O=[13CH]C(=O)[O-].[Na+]. The van der Waals surface area contributed by atoms with E-state index in [9.17, 15) is 0 Å². The monoisotopic (exact) mass is 97.0 g/mol. The summed E-state index contributed by atoms with van der Waals surface area (Å²) >= 11 is 0. The summed E-state index contributed by atoms with van der Waals surface area (Å²) in [5, 5.41) is 8.89. The maximum Gasteiger partial charge on any atom is 1.00 e. The predicted molar refractivity (Wildman–Crippen MR) is 11.1 cm³/mol. The Labute approximate surface area is 56.6 Å². The molecule has 3 nitrogen and oxygen atoms in total. The second-order valence-electron chi connectivity index (χ2n) is 0.437. The molecule has 0 spiro atoms. The summed E-state index contributed by atoms with van der Waals surface area (Å²) in [6.07, 6.45) is -0.278. The minimum Gasteiger partial charge on any atom is -0.542 e. The first-order chi connectivity index (χ1) is 2.27. The summed E-state index contributed by atoms with van der Waals surface area (Å²) in [5.74, 6) is -1.68. The van der Waals surface area contributed by atoms with Gasteiger partial charge in [0, 0.05) is 0 Å². The van der Waals surface area contributed by atoms with Crippen molar-refractivity contribution in [3.05, 3.63) is 0 Å². The molecule has 0 saturated heterocycles. The van der Waals surface area contributed by atoms with Crippen molar-refractivity contribution in [3.63, 3.8) is 0 Å². The topological polar surface area (TPSA) is 57.2 Å². The van der Waals surface area contributed by atoms with E-state index in [2.05, 4.69) is 0 Å². The molecule has 28 valence electrons. The molecule has 0 aromatic carbocycles. The number of rotatable bonds is 1. The molecule has 0 aromatic heterocycles. The van der Waals surface area contributed by atoms with Crippen LogP contribution in [0.15, 0.2) is 0 Å². The molecule has 0 aromatic rings. The van der Waals surface area contributed by atoms with Gasteiger partial charge in [-0.05, 0) is 0 Å². The molecule has 0 radical (unpaired) electrons. The average molecular weight is 97.0 g/mol. The van der Waals surface area contributed by atoms with Gasteiger partial charge in [0.1, 0.15) is 5.97 Å². The Kier molecular flexibility index (Phi) is 8.11. The minimum absolute atomic E-state index is 0. The summed E-state index contributed by atoms with van der Waals surface area (Å²) in [6, 6.07) is 0. The van der Waals surface area contributed by atoms with Crippen molar-refractivity contribution in [2.75, 3.05) is 0 Å². The molecule has 0 rings (SSSR count). The van der Waals surface area contributed by atoms with E-state index in [1.54, 1.807) is 0 Å². The molecular formula is C2HNaO3. The van der Waals surface area contributed by atoms with Gasteiger partial charge in [0.25, 0.3) is 0 Å². The Morgan fingerprint density at radius 2 is 1.83 bits per heavy atom. The van der Waals surface area contributed by atoms with Crippen molar-refractivity contribution in [1.29, 1.82) is 0 Å². The average Bonchev–Trinajstić information content (AvgIpc) is 1.38. The first kappa shape index (κ1) is 9.46. The van der Waals surface area contributed by atoms with E-state index in [4.69, 9.17) is 14.7 Å². The van der Waals surface area contributed by atoms with Gasteiger partial charge in [-0.15, -0.1) is 0 Å². The van der Waals surface area contributed by atoms with Crippen LogP contribution >= 0.6 is 0 Å². The molecule has 0 aliphatic heterocycles. The number of carboxylic acids is 1. The molecule has 0 atom stereocenters. The van der Waals surface area contributed by atoms with Crippen LogP contribution in [-0.2, 0) is 9.59 Å². The zero-order valence-corrected chi connectivity index (χ0v) is 5.30. The summed E-state index contributed by atoms with van der Waals surface area (Å²) in [4.78, 5) is 17.7. The van der Waals surface area contributed by atoms with Crippen LogP contribution in [0, 0.1) is 0 Å². The summed E-state index contributed by atoms with van der Waals surface area (Å²) < 4.78 is 0. The Bertz CT molecular complexity index is 59.8. The number of carbonyl (C=O) groups excluding carboxylic acids is 2. The largest absolute Gasteiger partial charge is 1.00 e. The number of hydrogen-bond acceptors (Lipinski definition) is 3. The van der Waals surface area contributed by atoms with Crippen molar-refractivity contribution in [1.82, 2.24) is 0 Å². The van der Waals surface area contributed by atoms with Crippen LogP contribution in [0.4, 0.5) is 0 Å². The number of aliphatic carboxylic acids is 1. The Morgan fingerprint density at radius 3 is 1.83 bits per heavy atom. The first-order valence-corrected chi connectivity index (χ1v) is 0.933. The van der Waals surface area contributed by atoms with Gasteiger partial charge in [-0.1, -0.05) is 0 Å². The number of aldehydes is 1. The number of carboxylic acid groups (broad SMARTS) is 1. The third-order valence-electron chi connectivity index (χ3n) is 0.0962. The molecule has 0 aliphatic rings. The van der Waals surface area contributed by atoms with E-state index in [0.29, 0.717) is 0 Å². The third-order valence-corrected chi connectivity index (χ3v) is 0.0962. The van der Waals surface area contributed by atoms with Gasteiger partial charge >= 0.3 is 29.6 Å². The van der Waals surface area contributed by atoms with Gasteiger partial charge in [0.15, 0.2) is 6.29 Å². The molecule has 0 aliphatic carbocycles. The van der Waals surface area contributed by atoms with E-state index in [1.165, 1.54) is 0 Å². The molecule has 0 amide bonds. The molecular weight excluding hydrogens is 96.0 g/mol. The fraction of sp³-hybridized carbons (Fsp3) is 0. The van der Waals surface area contributed by atoms with Gasteiger partial charge < -0.3 is 9.90 Å². The van der Waals surface area contributed by atoms with Gasteiger partial charge in [-0.3, -0.25) is 4.79 Å². The van der Waals surface area contributed by atoms with E-state index in [1.807, 2.05) is 0 Å².